The van der Waals surface area contributed by atoms with Gasteiger partial charge in [-0.1, -0.05) is 41.5 Å². The fraction of sp³-hybridized carbons (Fsp3) is 1.00. The lowest BCUT2D eigenvalue weighted by Gasteiger charge is -2.24. The summed E-state index contributed by atoms with van der Waals surface area (Å²) >= 11 is 0. The molecule has 0 aromatic heterocycles. The van der Waals surface area contributed by atoms with Gasteiger partial charge < -0.3 is 29.5 Å². The van der Waals surface area contributed by atoms with Gasteiger partial charge in [0, 0.05) is 0 Å². The summed E-state index contributed by atoms with van der Waals surface area (Å²) in [5.74, 6) is 0. The van der Waals surface area contributed by atoms with Gasteiger partial charge in [0.2, 0.25) is 0 Å². The Morgan fingerprint density at radius 3 is 2.00 bits per heavy atom. The molecule has 1 fully saturated rings. The molecule has 0 radical (unpaired) electrons. The van der Waals surface area contributed by atoms with E-state index in [0.29, 0.717) is 13.2 Å². The maximum Gasteiger partial charge on any atom is 0.186 e. The molecule has 132 valence electrons. The van der Waals surface area contributed by atoms with Crippen molar-refractivity contribution in [1.29, 1.82) is 0 Å². The molecule has 1 unspecified atom stereocenters. The number of aliphatic hydroxyl groups excluding tert-OH is 3. The van der Waals surface area contributed by atoms with Crippen LogP contribution in [0.4, 0.5) is 0 Å². The van der Waals surface area contributed by atoms with Gasteiger partial charge in [0.15, 0.2) is 6.29 Å². The van der Waals surface area contributed by atoms with Crippen molar-refractivity contribution in [3.05, 3.63) is 0 Å². The second-order valence-corrected chi connectivity index (χ2v) is 8.47. The number of ether oxygens (including phenoxy) is 3. The van der Waals surface area contributed by atoms with E-state index in [-0.39, 0.29) is 17.4 Å². The lowest BCUT2D eigenvalue weighted by molar-refractivity contribution is -0.192. The molecule has 22 heavy (non-hydrogen) atoms. The number of hydrogen-bond donors (Lipinski definition) is 3. The van der Waals surface area contributed by atoms with E-state index in [2.05, 4.69) is 0 Å². The van der Waals surface area contributed by atoms with Gasteiger partial charge in [-0.25, -0.2) is 0 Å². The van der Waals surface area contributed by atoms with E-state index in [4.69, 9.17) is 14.2 Å². The zero-order chi connectivity index (χ0) is 17.1. The van der Waals surface area contributed by atoms with Crippen molar-refractivity contribution in [2.75, 3.05) is 19.8 Å². The molecule has 0 saturated carbocycles. The molecule has 3 N–H and O–H groups in total. The Balaban J connectivity index is 2.47. The molecule has 0 aromatic carbocycles. The minimum Gasteiger partial charge on any atom is -0.388 e. The monoisotopic (exact) mass is 320 g/mol. The van der Waals surface area contributed by atoms with Crippen molar-refractivity contribution >= 4 is 0 Å². The van der Waals surface area contributed by atoms with Gasteiger partial charge in [0.1, 0.15) is 24.4 Å². The van der Waals surface area contributed by atoms with Gasteiger partial charge in [0.25, 0.3) is 0 Å². The molecule has 1 aliphatic heterocycles. The summed E-state index contributed by atoms with van der Waals surface area (Å²) in [6.45, 7) is 13.0. The highest BCUT2D eigenvalue weighted by Crippen LogP contribution is 2.27. The predicted octanol–water partition coefficient (Wildman–Crippen LogP) is 0.919. The zero-order valence-electron chi connectivity index (χ0n) is 14.6. The van der Waals surface area contributed by atoms with Crippen LogP contribution in [0, 0.1) is 10.8 Å². The molecule has 0 amide bonds. The molecule has 0 aromatic rings. The van der Waals surface area contributed by atoms with Crippen LogP contribution in [0.25, 0.3) is 0 Å². The molecule has 1 aliphatic rings. The molecule has 0 aliphatic carbocycles. The van der Waals surface area contributed by atoms with Crippen LogP contribution in [0.5, 0.6) is 0 Å². The van der Waals surface area contributed by atoms with Gasteiger partial charge in [-0.2, -0.15) is 0 Å². The van der Waals surface area contributed by atoms with E-state index in [1.807, 2.05) is 41.5 Å². The lowest BCUT2D eigenvalue weighted by Crippen LogP contribution is -2.41. The van der Waals surface area contributed by atoms with Crippen molar-refractivity contribution in [2.45, 2.75) is 72.2 Å². The van der Waals surface area contributed by atoms with Crippen LogP contribution < -0.4 is 0 Å². The van der Waals surface area contributed by atoms with E-state index in [0.717, 1.165) is 0 Å². The topological polar surface area (TPSA) is 88.4 Å². The van der Waals surface area contributed by atoms with Gasteiger partial charge >= 0.3 is 0 Å². The molecule has 0 bridgehead atoms. The molecule has 1 heterocycles. The minimum atomic E-state index is -1.20. The Morgan fingerprint density at radius 1 is 0.955 bits per heavy atom. The van der Waals surface area contributed by atoms with Crippen LogP contribution in [-0.4, -0.2) is 65.8 Å². The fourth-order valence-electron chi connectivity index (χ4n) is 2.04. The number of rotatable bonds is 6. The summed E-state index contributed by atoms with van der Waals surface area (Å²) in [4.78, 5) is 0. The Labute approximate surface area is 133 Å². The molecule has 5 atom stereocenters. The highest BCUT2D eigenvalue weighted by molar-refractivity contribution is 4.91. The van der Waals surface area contributed by atoms with Crippen LogP contribution in [-0.2, 0) is 14.2 Å². The lowest BCUT2D eigenvalue weighted by atomic mass is 9.98. The molecule has 6 heteroatoms. The standard InChI is InChI=1S/C16H32O6/c1-15(2,3)8-20-7-10(17)13-11(18)12(19)14(22-13)21-9-16(4,5)6/h10-14,17-19H,7-9H2,1-6H3/t10?,11-,12-,13-,14-/m1/s1. The third-order valence-corrected chi connectivity index (χ3v) is 3.14. The fourth-order valence-corrected chi connectivity index (χ4v) is 2.04. The van der Waals surface area contributed by atoms with E-state index in [9.17, 15) is 15.3 Å². The second-order valence-electron chi connectivity index (χ2n) is 8.47. The molecule has 1 saturated heterocycles. The maximum absolute atomic E-state index is 10.1. The number of aliphatic hydroxyl groups is 3. The third kappa shape index (κ3) is 6.48. The molecular formula is C16H32O6. The van der Waals surface area contributed by atoms with Crippen molar-refractivity contribution in [3.8, 4) is 0 Å². The first-order chi connectivity index (χ1) is 9.91. The SMILES string of the molecule is CC(C)(C)COCC(O)[C@H]1O[C@@H](OCC(C)(C)C)[C@H](O)[C@H]1O. The van der Waals surface area contributed by atoms with Crippen molar-refractivity contribution in [2.24, 2.45) is 10.8 Å². The van der Waals surface area contributed by atoms with Crippen LogP contribution in [0.15, 0.2) is 0 Å². The average Bonchev–Trinajstić information content (AvgIpc) is 2.61. The van der Waals surface area contributed by atoms with Crippen LogP contribution >= 0.6 is 0 Å². The van der Waals surface area contributed by atoms with E-state index in [1.165, 1.54) is 0 Å². The summed E-state index contributed by atoms with van der Waals surface area (Å²) < 4.78 is 16.4. The summed E-state index contributed by atoms with van der Waals surface area (Å²) in [5.41, 5.74) is -0.0900. The Morgan fingerprint density at radius 2 is 1.50 bits per heavy atom. The van der Waals surface area contributed by atoms with E-state index in [1.54, 1.807) is 0 Å². The summed E-state index contributed by atoms with van der Waals surface area (Å²) in [7, 11) is 0. The quantitative estimate of drug-likeness (QED) is 0.674. The van der Waals surface area contributed by atoms with Gasteiger partial charge in [-0.15, -0.1) is 0 Å². The summed E-state index contributed by atoms with van der Waals surface area (Å²) in [6, 6.07) is 0. The second kappa shape index (κ2) is 7.55. The first-order valence-electron chi connectivity index (χ1n) is 7.80. The van der Waals surface area contributed by atoms with Crippen molar-refractivity contribution in [3.63, 3.8) is 0 Å². The number of hydrogen-bond acceptors (Lipinski definition) is 6. The van der Waals surface area contributed by atoms with Crippen LogP contribution in [0.1, 0.15) is 41.5 Å². The van der Waals surface area contributed by atoms with Gasteiger partial charge in [-0.3, -0.25) is 0 Å². The molecule has 6 nitrogen and oxygen atoms in total. The highest BCUT2D eigenvalue weighted by atomic mass is 16.7. The third-order valence-electron chi connectivity index (χ3n) is 3.14. The smallest absolute Gasteiger partial charge is 0.186 e. The van der Waals surface area contributed by atoms with Gasteiger partial charge in [0.05, 0.1) is 19.8 Å². The minimum absolute atomic E-state index is 0.00720. The maximum atomic E-state index is 10.1. The van der Waals surface area contributed by atoms with Crippen molar-refractivity contribution < 1.29 is 29.5 Å². The van der Waals surface area contributed by atoms with E-state index >= 15 is 0 Å². The van der Waals surface area contributed by atoms with Crippen LogP contribution in [0.3, 0.4) is 0 Å². The Bertz CT molecular complexity index is 333. The summed E-state index contributed by atoms with van der Waals surface area (Å²) in [6.07, 6.45) is -5.24. The first-order valence-corrected chi connectivity index (χ1v) is 7.80. The molecular weight excluding hydrogens is 288 g/mol. The summed E-state index contributed by atoms with van der Waals surface area (Å²) in [5, 5.41) is 30.1. The average molecular weight is 320 g/mol. The molecule has 1 rings (SSSR count). The van der Waals surface area contributed by atoms with E-state index < -0.39 is 30.7 Å². The largest absolute Gasteiger partial charge is 0.388 e. The van der Waals surface area contributed by atoms with Gasteiger partial charge in [-0.05, 0) is 10.8 Å². The zero-order valence-corrected chi connectivity index (χ0v) is 14.6. The first kappa shape index (κ1) is 19.8. The van der Waals surface area contributed by atoms with Crippen LogP contribution in [0.2, 0.25) is 0 Å². The normalized spacial score (nSPS) is 31.5. The predicted molar refractivity (Wildman–Crippen MR) is 82.4 cm³/mol. The Hall–Kier alpha value is -0.240. The Kier molecular flexibility index (Phi) is 6.80. The van der Waals surface area contributed by atoms with Crippen molar-refractivity contribution in [1.82, 2.24) is 0 Å². The highest BCUT2D eigenvalue weighted by Gasteiger charge is 2.46. The molecule has 0 spiro atoms.